The molecule has 0 atom stereocenters. The van der Waals surface area contributed by atoms with Gasteiger partial charge < -0.3 is 10.0 Å². The normalized spacial score (nSPS) is 9.67. The van der Waals surface area contributed by atoms with Crippen LogP contribution in [0.2, 0.25) is 5.02 Å². The molecule has 7 heteroatoms. The van der Waals surface area contributed by atoms with Gasteiger partial charge in [-0.2, -0.15) is 13.2 Å². The van der Waals surface area contributed by atoms with Crippen LogP contribution in [-0.4, -0.2) is 17.2 Å². The van der Waals surface area contributed by atoms with Crippen LogP contribution in [0.25, 0.3) is 0 Å². The van der Waals surface area contributed by atoms with Crippen LogP contribution in [0.15, 0.2) is 18.2 Å². The minimum Gasteiger partial charge on any atom is -0.423 e. The van der Waals surface area contributed by atoms with Crippen LogP contribution in [0.5, 0.6) is 0 Å². The highest BCUT2D eigenvalue weighted by atomic mass is 35.5. The summed E-state index contributed by atoms with van der Waals surface area (Å²) in [5.41, 5.74) is -1.08. The highest BCUT2D eigenvalue weighted by Gasteiger charge is 2.31. The van der Waals surface area contributed by atoms with E-state index >= 15 is 0 Å². The Balaban J connectivity index is 0. The van der Waals surface area contributed by atoms with Crippen LogP contribution in [0, 0.1) is 0 Å². The second-order valence-corrected chi connectivity index (χ2v) is 3.01. The van der Waals surface area contributed by atoms with E-state index in [1.807, 2.05) is 27.7 Å². The summed E-state index contributed by atoms with van der Waals surface area (Å²) in [4.78, 5) is 0. The lowest BCUT2D eigenvalue weighted by molar-refractivity contribution is -0.137. The molecule has 0 aromatic heterocycles. The van der Waals surface area contributed by atoms with Crippen molar-refractivity contribution in [2.45, 2.75) is 33.9 Å². The van der Waals surface area contributed by atoms with Gasteiger partial charge in [-0.15, -0.1) is 0 Å². The van der Waals surface area contributed by atoms with Crippen molar-refractivity contribution in [3.63, 3.8) is 0 Å². The Labute approximate surface area is 111 Å². The second-order valence-electron chi connectivity index (χ2n) is 2.61. The van der Waals surface area contributed by atoms with E-state index in [-0.39, 0.29) is 10.5 Å². The predicted molar refractivity (Wildman–Crippen MR) is 69.0 cm³/mol. The molecule has 0 spiro atoms. The van der Waals surface area contributed by atoms with Crippen molar-refractivity contribution in [3.8, 4) is 0 Å². The minimum absolute atomic E-state index is 0.153. The number of alkyl halides is 3. The zero-order valence-electron chi connectivity index (χ0n) is 10.7. The molecule has 18 heavy (non-hydrogen) atoms. The summed E-state index contributed by atoms with van der Waals surface area (Å²) < 4.78 is 36.4. The van der Waals surface area contributed by atoms with E-state index in [1.165, 1.54) is 0 Å². The molecular formula is C11H17BClF3O2. The zero-order chi connectivity index (χ0) is 14.9. The van der Waals surface area contributed by atoms with Gasteiger partial charge in [0.15, 0.2) is 0 Å². The smallest absolute Gasteiger partial charge is 0.423 e. The summed E-state index contributed by atoms with van der Waals surface area (Å²) in [6, 6.07) is 2.31. The van der Waals surface area contributed by atoms with Gasteiger partial charge in [0.25, 0.3) is 0 Å². The SMILES string of the molecule is CC.CC.OB(O)c1ccc(C(F)(F)F)cc1Cl. The molecule has 104 valence electrons. The van der Waals surface area contributed by atoms with Crippen LogP contribution in [0.4, 0.5) is 13.2 Å². The van der Waals surface area contributed by atoms with Crippen LogP contribution in [0.1, 0.15) is 33.3 Å². The van der Waals surface area contributed by atoms with Gasteiger partial charge in [0.2, 0.25) is 0 Å². The Hall–Kier alpha value is -0.715. The first-order chi connectivity index (χ1) is 8.32. The lowest BCUT2D eigenvalue weighted by atomic mass is 9.80. The summed E-state index contributed by atoms with van der Waals surface area (Å²) >= 11 is 5.41. The fraction of sp³-hybridized carbons (Fsp3) is 0.455. The summed E-state index contributed by atoms with van der Waals surface area (Å²) in [5, 5.41) is 17.1. The van der Waals surface area contributed by atoms with Crippen LogP contribution in [0.3, 0.4) is 0 Å². The highest BCUT2D eigenvalue weighted by Crippen LogP contribution is 2.30. The third-order valence-electron chi connectivity index (χ3n) is 1.61. The Morgan fingerprint density at radius 3 is 1.78 bits per heavy atom. The fourth-order valence-corrected chi connectivity index (χ4v) is 1.19. The Bertz CT molecular complexity index is 344. The van der Waals surface area contributed by atoms with Crippen LogP contribution in [-0.2, 0) is 6.18 Å². The lowest BCUT2D eigenvalue weighted by Gasteiger charge is -2.09. The largest absolute Gasteiger partial charge is 0.489 e. The Morgan fingerprint density at radius 1 is 1.06 bits per heavy atom. The third kappa shape index (κ3) is 6.28. The van der Waals surface area contributed by atoms with E-state index in [1.54, 1.807) is 0 Å². The van der Waals surface area contributed by atoms with Gasteiger partial charge in [0.05, 0.1) is 5.56 Å². The molecule has 1 aromatic carbocycles. The molecule has 0 unspecified atom stereocenters. The summed E-state index contributed by atoms with van der Waals surface area (Å²) in [6.07, 6.45) is -4.48. The first-order valence-corrected chi connectivity index (χ1v) is 5.93. The highest BCUT2D eigenvalue weighted by molar-refractivity contribution is 6.62. The monoisotopic (exact) mass is 284 g/mol. The summed E-state index contributed by atoms with van der Waals surface area (Å²) in [7, 11) is -1.87. The predicted octanol–water partition coefficient (Wildman–Crippen LogP) is 3.09. The van der Waals surface area contributed by atoms with Crippen molar-refractivity contribution >= 4 is 24.2 Å². The van der Waals surface area contributed by atoms with E-state index in [4.69, 9.17) is 21.6 Å². The van der Waals surface area contributed by atoms with Crippen LogP contribution >= 0.6 is 11.6 Å². The van der Waals surface area contributed by atoms with Gasteiger partial charge in [-0.25, -0.2) is 0 Å². The molecule has 0 saturated carbocycles. The molecule has 2 N–H and O–H groups in total. The van der Waals surface area contributed by atoms with E-state index in [9.17, 15) is 13.2 Å². The molecule has 1 aromatic rings. The van der Waals surface area contributed by atoms with Gasteiger partial charge in [0.1, 0.15) is 0 Å². The number of hydrogen-bond acceptors (Lipinski definition) is 2. The summed E-state index contributed by atoms with van der Waals surface area (Å²) in [6.45, 7) is 8.00. The molecule has 0 bridgehead atoms. The van der Waals surface area contributed by atoms with Crippen molar-refractivity contribution in [1.29, 1.82) is 0 Å². The number of hydrogen-bond donors (Lipinski definition) is 2. The molecule has 0 aliphatic carbocycles. The first kappa shape index (κ1) is 19.6. The van der Waals surface area contributed by atoms with Crippen molar-refractivity contribution in [1.82, 2.24) is 0 Å². The van der Waals surface area contributed by atoms with Gasteiger partial charge in [-0.05, 0) is 6.07 Å². The molecule has 0 heterocycles. The van der Waals surface area contributed by atoms with Gasteiger partial charge >= 0.3 is 13.3 Å². The third-order valence-corrected chi connectivity index (χ3v) is 1.93. The molecular weight excluding hydrogens is 267 g/mol. The second kappa shape index (κ2) is 9.25. The first-order valence-electron chi connectivity index (χ1n) is 5.55. The minimum atomic E-state index is -4.48. The van der Waals surface area contributed by atoms with E-state index in [0.29, 0.717) is 6.07 Å². The molecule has 2 nitrogen and oxygen atoms in total. The maximum Gasteiger partial charge on any atom is 0.489 e. The van der Waals surface area contributed by atoms with E-state index < -0.39 is 18.9 Å². The van der Waals surface area contributed by atoms with Crippen molar-refractivity contribution < 1.29 is 23.2 Å². The van der Waals surface area contributed by atoms with E-state index in [0.717, 1.165) is 12.1 Å². The standard InChI is InChI=1S/C7H5BClF3O2.2C2H6/c9-6-3-4(7(10,11)12)1-2-5(6)8(13)14;2*1-2/h1-3,13-14H;2*1-2H3. The van der Waals surface area contributed by atoms with Gasteiger partial charge in [-0.3, -0.25) is 0 Å². The lowest BCUT2D eigenvalue weighted by Crippen LogP contribution is -2.31. The molecule has 0 radical (unpaired) electrons. The van der Waals surface area contributed by atoms with Crippen molar-refractivity contribution in [2.24, 2.45) is 0 Å². The van der Waals surface area contributed by atoms with E-state index in [2.05, 4.69) is 0 Å². The topological polar surface area (TPSA) is 40.5 Å². The summed E-state index contributed by atoms with van der Waals surface area (Å²) in [5.74, 6) is 0. The molecule has 0 aliphatic heterocycles. The number of benzene rings is 1. The quantitative estimate of drug-likeness (QED) is 0.778. The zero-order valence-corrected chi connectivity index (χ0v) is 11.5. The Kier molecular flexibility index (Phi) is 10.1. The molecule has 0 amide bonds. The van der Waals surface area contributed by atoms with Gasteiger partial charge in [-0.1, -0.05) is 51.4 Å². The number of rotatable bonds is 1. The van der Waals surface area contributed by atoms with Gasteiger partial charge in [0, 0.05) is 10.5 Å². The number of halogens is 4. The molecule has 0 aliphatic rings. The maximum absolute atomic E-state index is 12.1. The molecule has 0 fully saturated rings. The average molecular weight is 285 g/mol. The maximum atomic E-state index is 12.1. The fourth-order valence-electron chi connectivity index (χ4n) is 0.913. The molecule has 0 saturated heterocycles. The Morgan fingerprint density at radius 2 is 1.50 bits per heavy atom. The van der Waals surface area contributed by atoms with Crippen LogP contribution < -0.4 is 5.46 Å². The average Bonchev–Trinajstić information content (AvgIpc) is 2.32. The van der Waals surface area contributed by atoms with Crippen molar-refractivity contribution in [3.05, 3.63) is 28.8 Å². The van der Waals surface area contributed by atoms with Crippen molar-refractivity contribution in [2.75, 3.05) is 0 Å². The molecule has 1 rings (SSSR count).